The van der Waals surface area contributed by atoms with Gasteiger partial charge in [0.1, 0.15) is 0 Å². The van der Waals surface area contributed by atoms with E-state index >= 15 is 0 Å². The zero-order valence-electron chi connectivity index (χ0n) is 12.6. The molecule has 2 atom stereocenters. The molecule has 0 radical (unpaired) electrons. The van der Waals surface area contributed by atoms with Crippen LogP contribution in [0.3, 0.4) is 0 Å². The van der Waals surface area contributed by atoms with Gasteiger partial charge < -0.3 is 5.32 Å². The molecule has 1 aliphatic rings. The molecule has 1 heterocycles. The van der Waals surface area contributed by atoms with E-state index in [0.29, 0.717) is 12.0 Å². The summed E-state index contributed by atoms with van der Waals surface area (Å²) in [6.45, 7) is 8.61. The van der Waals surface area contributed by atoms with Gasteiger partial charge in [0.2, 0.25) is 0 Å². The maximum Gasteiger partial charge on any atom is 0.0964 e. The molecular weight excluding hydrogens is 236 g/mol. The smallest absolute Gasteiger partial charge is 0.0964 e. The number of rotatable bonds is 6. The molecule has 4 heteroatoms. The zero-order chi connectivity index (χ0) is 13.7. The monoisotopic (exact) mass is 264 g/mol. The van der Waals surface area contributed by atoms with Gasteiger partial charge in [-0.1, -0.05) is 45.2 Å². The standard InChI is InChI=1S/C15H28N4/c1-4-13-7-5-6-8-15(13)19-11-14(17-18-19)10-16-9-12(2)3/h11-13,15-16H,4-10H2,1-3H3. The molecule has 4 nitrogen and oxygen atoms in total. The van der Waals surface area contributed by atoms with E-state index in [4.69, 9.17) is 0 Å². The first-order valence-corrected chi connectivity index (χ1v) is 7.82. The number of nitrogens with one attached hydrogen (secondary N) is 1. The van der Waals surface area contributed by atoms with Crippen LogP contribution in [0.5, 0.6) is 0 Å². The number of hydrogen-bond donors (Lipinski definition) is 1. The summed E-state index contributed by atoms with van der Waals surface area (Å²) >= 11 is 0. The summed E-state index contributed by atoms with van der Waals surface area (Å²) in [6.07, 6.45) is 8.73. The maximum atomic E-state index is 4.36. The molecule has 1 saturated carbocycles. The van der Waals surface area contributed by atoms with Crippen LogP contribution >= 0.6 is 0 Å². The van der Waals surface area contributed by atoms with Gasteiger partial charge >= 0.3 is 0 Å². The largest absolute Gasteiger partial charge is 0.311 e. The molecular formula is C15H28N4. The third-order valence-corrected chi connectivity index (χ3v) is 4.15. The Morgan fingerprint density at radius 1 is 1.37 bits per heavy atom. The van der Waals surface area contributed by atoms with Crippen LogP contribution in [0.15, 0.2) is 6.20 Å². The van der Waals surface area contributed by atoms with Crippen molar-refractivity contribution in [1.82, 2.24) is 20.3 Å². The van der Waals surface area contributed by atoms with Gasteiger partial charge in [-0.3, -0.25) is 0 Å². The molecule has 0 bridgehead atoms. The lowest BCUT2D eigenvalue weighted by Gasteiger charge is -2.30. The number of nitrogens with zero attached hydrogens (tertiary/aromatic N) is 3. The lowest BCUT2D eigenvalue weighted by atomic mass is 9.83. The van der Waals surface area contributed by atoms with Crippen molar-refractivity contribution < 1.29 is 0 Å². The van der Waals surface area contributed by atoms with Gasteiger partial charge in [0.25, 0.3) is 0 Å². The molecule has 1 fully saturated rings. The van der Waals surface area contributed by atoms with E-state index in [-0.39, 0.29) is 0 Å². The third kappa shape index (κ3) is 4.03. The van der Waals surface area contributed by atoms with Crippen molar-refractivity contribution in [2.45, 2.75) is 65.5 Å². The molecule has 19 heavy (non-hydrogen) atoms. The summed E-state index contributed by atoms with van der Waals surface area (Å²) in [5.41, 5.74) is 1.07. The molecule has 1 N–H and O–H groups in total. The highest BCUT2D eigenvalue weighted by Gasteiger charge is 2.26. The molecule has 1 aliphatic carbocycles. The average molecular weight is 264 g/mol. The lowest BCUT2D eigenvalue weighted by molar-refractivity contribution is 0.214. The molecule has 108 valence electrons. The van der Waals surface area contributed by atoms with Gasteiger partial charge in [0.15, 0.2) is 0 Å². The van der Waals surface area contributed by atoms with Crippen molar-refractivity contribution in [2.24, 2.45) is 11.8 Å². The molecule has 0 saturated heterocycles. The molecule has 0 aliphatic heterocycles. The fourth-order valence-corrected chi connectivity index (χ4v) is 3.06. The van der Waals surface area contributed by atoms with Gasteiger partial charge in [-0.25, -0.2) is 4.68 Å². The Morgan fingerprint density at radius 3 is 2.89 bits per heavy atom. The predicted molar refractivity (Wildman–Crippen MR) is 77.9 cm³/mol. The van der Waals surface area contributed by atoms with Gasteiger partial charge in [-0.2, -0.15) is 0 Å². The summed E-state index contributed by atoms with van der Waals surface area (Å²) in [6, 6.07) is 0.574. The van der Waals surface area contributed by atoms with E-state index in [9.17, 15) is 0 Å². The van der Waals surface area contributed by atoms with Crippen molar-refractivity contribution in [2.75, 3.05) is 6.54 Å². The molecule has 0 aromatic carbocycles. The van der Waals surface area contributed by atoms with E-state index < -0.39 is 0 Å². The first kappa shape index (κ1) is 14.5. The van der Waals surface area contributed by atoms with E-state index in [0.717, 1.165) is 24.7 Å². The van der Waals surface area contributed by atoms with Gasteiger partial charge in [0.05, 0.1) is 17.9 Å². The van der Waals surface area contributed by atoms with Crippen LogP contribution in [-0.2, 0) is 6.54 Å². The predicted octanol–water partition coefficient (Wildman–Crippen LogP) is 3.17. The van der Waals surface area contributed by atoms with Crippen molar-refractivity contribution in [3.8, 4) is 0 Å². The van der Waals surface area contributed by atoms with E-state index in [2.05, 4.69) is 47.3 Å². The van der Waals surface area contributed by atoms with E-state index in [1.165, 1.54) is 32.1 Å². The van der Waals surface area contributed by atoms with Crippen molar-refractivity contribution in [3.63, 3.8) is 0 Å². The van der Waals surface area contributed by atoms with Gasteiger partial charge in [-0.05, 0) is 31.2 Å². The highest BCUT2D eigenvalue weighted by molar-refractivity contribution is 4.94. The highest BCUT2D eigenvalue weighted by atomic mass is 15.4. The Hall–Kier alpha value is -0.900. The fourth-order valence-electron chi connectivity index (χ4n) is 3.06. The molecule has 1 aromatic rings. The minimum Gasteiger partial charge on any atom is -0.311 e. The highest BCUT2D eigenvalue weighted by Crippen LogP contribution is 2.35. The molecule has 2 rings (SSSR count). The summed E-state index contributed by atoms with van der Waals surface area (Å²) in [5, 5.41) is 12.1. The second-order valence-electron chi connectivity index (χ2n) is 6.23. The fraction of sp³-hybridized carbons (Fsp3) is 0.867. The minimum absolute atomic E-state index is 0.574. The van der Waals surface area contributed by atoms with Crippen molar-refractivity contribution in [1.29, 1.82) is 0 Å². The SMILES string of the molecule is CCC1CCCCC1n1cc(CNCC(C)C)nn1. The van der Waals surface area contributed by atoms with Crippen LogP contribution in [0.4, 0.5) is 0 Å². The first-order chi connectivity index (χ1) is 9.20. The van der Waals surface area contributed by atoms with Crippen molar-refractivity contribution >= 4 is 0 Å². The average Bonchev–Trinajstić information content (AvgIpc) is 2.87. The van der Waals surface area contributed by atoms with Crippen LogP contribution in [-0.4, -0.2) is 21.5 Å². The van der Waals surface area contributed by atoms with Crippen LogP contribution < -0.4 is 5.32 Å². The van der Waals surface area contributed by atoms with Crippen molar-refractivity contribution in [3.05, 3.63) is 11.9 Å². The Morgan fingerprint density at radius 2 is 2.16 bits per heavy atom. The Balaban J connectivity index is 1.91. The second-order valence-corrected chi connectivity index (χ2v) is 6.23. The number of hydrogen-bond acceptors (Lipinski definition) is 3. The zero-order valence-corrected chi connectivity index (χ0v) is 12.6. The molecule has 1 aromatic heterocycles. The normalized spacial score (nSPS) is 24.0. The molecule has 2 unspecified atom stereocenters. The van der Waals surface area contributed by atoms with Crippen LogP contribution in [0.25, 0.3) is 0 Å². The quantitative estimate of drug-likeness (QED) is 0.858. The maximum absolute atomic E-state index is 4.36. The summed E-state index contributed by atoms with van der Waals surface area (Å²) in [4.78, 5) is 0. The van der Waals surface area contributed by atoms with E-state index in [1.807, 2.05) is 0 Å². The van der Waals surface area contributed by atoms with Crippen LogP contribution in [0, 0.1) is 11.8 Å². The Kier molecular flexibility index (Phi) is 5.37. The Labute approximate surface area is 117 Å². The second kappa shape index (κ2) is 7.04. The third-order valence-electron chi connectivity index (χ3n) is 4.15. The molecule has 0 amide bonds. The summed E-state index contributed by atoms with van der Waals surface area (Å²) in [5.74, 6) is 1.46. The Bertz CT molecular complexity index is 372. The minimum atomic E-state index is 0.574. The summed E-state index contributed by atoms with van der Waals surface area (Å²) < 4.78 is 2.12. The number of aromatic nitrogens is 3. The van der Waals surface area contributed by atoms with E-state index in [1.54, 1.807) is 0 Å². The van der Waals surface area contributed by atoms with Gasteiger partial charge in [-0.15, -0.1) is 5.10 Å². The first-order valence-electron chi connectivity index (χ1n) is 7.82. The molecule has 0 spiro atoms. The topological polar surface area (TPSA) is 42.7 Å². The lowest BCUT2D eigenvalue weighted by Crippen LogP contribution is -2.23. The van der Waals surface area contributed by atoms with Gasteiger partial charge in [0, 0.05) is 6.54 Å². The van der Waals surface area contributed by atoms with Crippen LogP contribution in [0.1, 0.15) is 64.6 Å². The summed E-state index contributed by atoms with van der Waals surface area (Å²) in [7, 11) is 0. The van der Waals surface area contributed by atoms with Crippen LogP contribution in [0.2, 0.25) is 0 Å².